The van der Waals surface area contributed by atoms with Gasteiger partial charge in [0.1, 0.15) is 29.9 Å². The molecule has 4 aromatic rings. The fourth-order valence-electron chi connectivity index (χ4n) is 6.07. The van der Waals surface area contributed by atoms with E-state index in [-0.39, 0.29) is 43.9 Å². The number of rotatable bonds is 10. The molecule has 1 aliphatic rings. The smallest absolute Gasteiger partial charge is 0.490 e. The van der Waals surface area contributed by atoms with E-state index in [4.69, 9.17) is 21.4 Å². The Morgan fingerprint density at radius 2 is 1.13 bits per heavy atom. The number of carbonyl (C=O) groups excluding carboxylic acids is 5. The molecule has 1 heterocycles. The predicted octanol–water partition coefficient (Wildman–Crippen LogP) is 1.33. The molecule has 1 aliphatic heterocycles. The lowest BCUT2D eigenvalue weighted by Crippen LogP contribution is -2.58. The molecular weight excluding hydrogens is 789 g/mol. The molecule has 0 aromatic heterocycles. The van der Waals surface area contributed by atoms with E-state index in [0.29, 0.717) is 12.0 Å². The van der Waals surface area contributed by atoms with Crippen LogP contribution >= 0.6 is 0 Å². The number of phenols is 1. The fraction of sp³-hybridized carbons (Fsp3) is 0.293. The molecule has 0 saturated carbocycles. The molecule has 19 heteroatoms. The van der Waals surface area contributed by atoms with Gasteiger partial charge in [0.2, 0.25) is 29.5 Å². The third-order valence-corrected chi connectivity index (χ3v) is 9.07. The molecule has 16 nitrogen and oxygen atoms in total. The number of nitrogens with two attached hydrogens (primary N) is 2. The van der Waals surface area contributed by atoms with Gasteiger partial charge in [0, 0.05) is 25.8 Å². The van der Waals surface area contributed by atoms with Gasteiger partial charge in [0.25, 0.3) is 0 Å². The van der Waals surface area contributed by atoms with E-state index in [2.05, 4.69) is 31.6 Å². The van der Waals surface area contributed by atoms with Crippen molar-refractivity contribution in [2.24, 2.45) is 16.5 Å². The molecule has 1 saturated heterocycles. The number of hydrogen-bond acceptors (Lipinski definition) is 8. The minimum Gasteiger partial charge on any atom is -0.508 e. The molecule has 5 rings (SSSR count). The number of phenolic OH excluding ortho intramolecular Hbond substituents is 1. The fourth-order valence-corrected chi connectivity index (χ4v) is 6.07. The lowest BCUT2D eigenvalue weighted by atomic mass is 10.00. The molecule has 5 amide bonds. The number of carbonyl (C=O) groups is 6. The minimum absolute atomic E-state index is 0.0174. The largest absolute Gasteiger partial charge is 0.508 e. The SMILES string of the molecule is NC(N)=NCCC[C@@H]1NC(=O)[C@H](Cc2ccccc2)NC(=O)[C@@H](Cc2ccc(O)cc2)NC(=O)CNC(=O)[C@H](Cc2ccc3ccccc3c2)NC1=O.O=C(O)C(F)(F)F. The summed E-state index contributed by atoms with van der Waals surface area (Å²) < 4.78 is 31.7. The first kappa shape index (κ1) is 45.5. The quantitative estimate of drug-likeness (QED) is 0.0629. The number of benzene rings is 4. The Balaban J connectivity index is 0.00000104. The predicted molar refractivity (Wildman–Crippen MR) is 214 cm³/mol. The zero-order valence-electron chi connectivity index (χ0n) is 32.1. The van der Waals surface area contributed by atoms with Crippen LogP contribution in [-0.4, -0.2) is 95.1 Å². The van der Waals surface area contributed by atoms with Crippen LogP contribution in [0.5, 0.6) is 5.75 Å². The number of amides is 5. The van der Waals surface area contributed by atoms with E-state index >= 15 is 0 Å². The average Bonchev–Trinajstić information content (AvgIpc) is 3.20. The average molecular weight is 835 g/mol. The lowest BCUT2D eigenvalue weighted by molar-refractivity contribution is -0.192. The number of guanidine groups is 1. The van der Waals surface area contributed by atoms with Crippen LogP contribution < -0.4 is 38.1 Å². The van der Waals surface area contributed by atoms with Crippen molar-refractivity contribution < 1.29 is 52.2 Å². The van der Waals surface area contributed by atoms with Crippen LogP contribution in [0.15, 0.2) is 102 Å². The molecule has 0 spiro atoms. The molecule has 60 heavy (non-hydrogen) atoms. The van der Waals surface area contributed by atoms with Crippen molar-refractivity contribution in [1.29, 1.82) is 0 Å². The highest BCUT2D eigenvalue weighted by Crippen LogP contribution is 2.18. The van der Waals surface area contributed by atoms with Gasteiger partial charge in [0.15, 0.2) is 5.96 Å². The third kappa shape index (κ3) is 14.6. The highest BCUT2D eigenvalue weighted by molar-refractivity contribution is 5.97. The molecule has 318 valence electrons. The van der Waals surface area contributed by atoms with E-state index in [1.165, 1.54) is 12.1 Å². The summed E-state index contributed by atoms with van der Waals surface area (Å²) in [5.74, 6) is -6.10. The number of carboxylic acids is 1. The van der Waals surface area contributed by atoms with Crippen molar-refractivity contribution in [3.8, 4) is 5.75 Å². The Labute approximate surface area is 342 Å². The summed E-state index contributed by atoms with van der Waals surface area (Å²) in [4.78, 5) is 81.8. The number of alkyl halides is 3. The first-order valence-electron chi connectivity index (χ1n) is 18.6. The maximum Gasteiger partial charge on any atom is 0.490 e. The molecule has 4 aromatic carbocycles. The van der Waals surface area contributed by atoms with Crippen molar-refractivity contribution in [3.63, 3.8) is 0 Å². The van der Waals surface area contributed by atoms with Crippen LogP contribution in [0.1, 0.15) is 29.5 Å². The first-order valence-corrected chi connectivity index (χ1v) is 18.6. The van der Waals surface area contributed by atoms with Crippen molar-refractivity contribution in [2.75, 3.05) is 13.1 Å². The molecule has 4 atom stereocenters. The number of hydrogen-bond donors (Lipinski definition) is 9. The summed E-state index contributed by atoms with van der Waals surface area (Å²) in [5.41, 5.74) is 13.1. The molecule has 0 aliphatic carbocycles. The van der Waals surface area contributed by atoms with Gasteiger partial charge < -0.3 is 48.3 Å². The molecule has 11 N–H and O–H groups in total. The van der Waals surface area contributed by atoms with Gasteiger partial charge in [-0.15, -0.1) is 0 Å². The topological polar surface area (TPSA) is 267 Å². The summed E-state index contributed by atoms with van der Waals surface area (Å²) >= 11 is 0. The summed E-state index contributed by atoms with van der Waals surface area (Å²) in [6.07, 6.45) is -4.50. The van der Waals surface area contributed by atoms with Crippen LogP contribution in [0.4, 0.5) is 13.2 Å². The molecule has 1 fully saturated rings. The molecule has 0 radical (unpaired) electrons. The van der Waals surface area contributed by atoms with Crippen molar-refractivity contribution in [2.45, 2.75) is 62.4 Å². The zero-order chi connectivity index (χ0) is 43.8. The summed E-state index contributed by atoms with van der Waals surface area (Å²) in [5, 5.41) is 32.5. The van der Waals surface area contributed by atoms with Gasteiger partial charge in [-0.2, -0.15) is 13.2 Å². The maximum atomic E-state index is 14.1. The Morgan fingerprint density at radius 1 is 0.650 bits per heavy atom. The Bertz CT molecular complexity index is 2170. The number of fused-ring (bicyclic) bond motifs is 1. The standard InChI is InChI=1S/C39H44N8O6.C2HF3O2/c40-39(41)42-18-6-11-30-36(51)46-31(22-26-12-15-27-9-4-5-10-28(27)19-26)35(50)43-23-34(49)44-32(21-25-13-16-29(48)17-14-25)37(52)47-33(38(53)45-30)20-24-7-2-1-3-8-24;3-2(4,5)1(6)7/h1-5,7-10,12-17,19,30-33,48H,6,11,18,20-23H2,(H,43,50)(H,44,49)(H,45,53)(H,46,51)(H,47,52)(H4,40,41,42);(H,6,7)/t30-,31-,32+,33-;/m0./s1. The van der Waals surface area contributed by atoms with Gasteiger partial charge in [-0.05, 0) is 52.4 Å². The van der Waals surface area contributed by atoms with E-state index in [9.17, 15) is 42.3 Å². The second-order valence-electron chi connectivity index (χ2n) is 13.7. The first-order chi connectivity index (χ1) is 28.5. The second kappa shape index (κ2) is 21.5. The normalized spacial score (nSPS) is 19.1. The van der Waals surface area contributed by atoms with Crippen LogP contribution in [0.3, 0.4) is 0 Å². The lowest BCUT2D eigenvalue weighted by Gasteiger charge is -2.26. The number of nitrogens with zero attached hydrogens (tertiary/aromatic N) is 1. The summed E-state index contributed by atoms with van der Waals surface area (Å²) in [6, 6.07) is 24.0. The number of carboxylic acid groups (broad SMARTS) is 1. The molecule has 0 unspecified atom stereocenters. The zero-order valence-corrected chi connectivity index (χ0v) is 32.1. The van der Waals surface area contributed by atoms with E-state index < -0.39 is 72.4 Å². The second-order valence-corrected chi connectivity index (χ2v) is 13.7. The van der Waals surface area contributed by atoms with Crippen LogP contribution in [0.25, 0.3) is 10.8 Å². The van der Waals surface area contributed by atoms with Gasteiger partial charge in [0.05, 0.1) is 6.54 Å². The van der Waals surface area contributed by atoms with E-state index in [0.717, 1.165) is 21.9 Å². The van der Waals surface area contributed by atoms with Crippen molar-refractivity contribution >= 4 is 52.2 Å². The highest BCUT2D eigenvalue weighted by atomic mass is 19.4. The Kier molecular flexibility index (Phi) is 16.3. The van der Waals surface area contributed by atoms with Crippen molar-refractivity contribution in [3.05, 3.63) is 114 Å². The Morgan fingerprint density at radius 3 is 1.73 bits per heavy atom. The van der Waals surface area contributed by atoms with Gasteiger partial charge in [-0.1, -0.05) is 84.9 Å². The third-order valence-electron chi connectivity index (χ3n) is 9.07. The van der Waals surface area contributed by atoms with Crippen LogP contribution in [-0.2, 0) is 48.0 Å². The number of nitrogens with one attached hydrogen (secondary N) is 5. The maximum absolute atomic E-state index is 14.1. The van der Waals surface area contributed by atoms with E-state index in [1.807, 2.05) is 48.5 Å². The minimum atomic E-state index is -5.08. The summed E-state index contributed by atoms with van der Waals surface area (Å²) in [6.45, 7) is -0.311. The van der Waals surface area contributed by atoms with Gasteiger partial charge >= 0.3 is 12.1 Å². The van der Waals surface area contributed by atoms with E-state index in [1.54, 1.807) is 36.4 Å². The number of aliphatic imine (C=N–C) groups is 1. The molecular formula is C41H45F3N8O8. The number of halogens is 3. The number of aromatic hydroxyl groups is 1. The highest BCUT2D eigenvalue weighted by Gasteiger charge is 2.38. The summed E-state index contributed by atoms with van der Waals surface area (Å²) in [7, 11) is 0. The van der Waals surface area contributed by atoms with Crippen LogP contribution in [0, 0.1) is 0 Å². The van der Waals surface area contributed by atoms with Crippen LogP contribution in [0.2, 0.25) is 0 Å². The number of aliphatic carboxylic acids is 1. The molecule has 0 bridgehead atoms. The van der Waals surface area contributed by atoms with Gasteiger partial charge in [-0.25, -0.2) is 4.79 Å². The Hall–Kier alpha value is -7.18. The van der Waals surface area contributed by atoms with Crippen molar-refractivity contribution in [1.82, 2.24) is 26.6 Å². The van der Waals surface area contributed by atoms with Gasteiger partial charge in [-0.3, -0.25) is 29.0 Å². The monoisotopic (exact) mass is 834 g/mol.